The lowest BCUT2D eigenvalue weighted by atomic mass is 9.96. The molecule has 0 saturated heterocycles. The molecule has 0 fully saturated rings. The van der Waals surface area contributed by atoms with E-state index in [2.05, 4.69) is 21.4 Å². The average Bonchev–Trinajstić information content (AvgIpc) is 2.35. The maximum Gasteiger partial charge on any atom is 0.126 e. The molecule has 0 radical (unpaired) electrons. The average molecular weight is 341 g/mol. The number of halogens is 3. The van der Waals surface area contributed by atoms with Crippen LogP contribution in [0.25, 0.3) is 0 Å². The highest BCUT2D eigenvalue weighted by Gasteiger charge is 2.16. The number of hydrazine groups is 1. The highest BCUT2D eigenvalue weighted by Crippen LogP contribution is 2.29. The fourth-order valence-electron chi connectivity index (χ4n) is 2.27. The molecule has 0 aliphatic heterocycles. The molecule has 0 amide bonds. The Balaban J connectivity index is 2.52. The summed E-state index contributed by atoms with van der Waals surface area (Å²) in [5, 5.41) is 0. The smallest absolute Gasteiger partial charge is 0.126 e. The summed E-state index contributed by atoms with van der Waals surface area (Å²) in [5.74, 6) is 4.33. The molecular weight excluding hydrogens is 326 g/mol. The minimum absolute atomic E-state index is 0.450. The molecule has 1 atom stereocenters. The van der Waals surface area contributed by atoms with Gasteiger partial charge in [0.2, 0.25) is 0 Å². The van der Waals surface area contributed by atoms with Crippen molar-refractivity contribution in [2.24, 2.45) is 5.84 Å². The Morgan fingerprint density at radius 1 is 0.950 bits per heavy atom. The van der Waals surface area contributed by atoms with Crippen LogP contribution in [0, 0.1) is 25.5 Å². The molecule has 106 valence electrons. The van der Waals surface area contributed by atoms with E-state index < -0.39 is 17.7 Å². The lowest BCUT2D eigenvalue weighted by molar-refractivity contribution is 0.566. The summed E-state index contributed by atoms with van der Waals surface area (Å²) in [6.07, 6.45) is 0. The molecule has 0 aliphatic carbocycles. The van der Waals surface area contributed by atoms with E-state index in [1.807, 2.05) is 26.0 Å². The van der Waals surface area contributed by atoms with E-state index in [1.165, 1.54) is 12.1 Å². The summed E-state index contributed by atoms with van der Waals surface area (Å²) < 4.78 is 27.7. The molecule has 20 heavy (non-hydrogen) atoms. The SMILES string of the molecule is Cc1cc(C(NN)c2cc(F)cc(F)c2)cc(C)c1Br. The standard InChI is InChI=1S/C15H15BrF2N2/c1-8-3-10(4-9(2)14(8)16)15(20-19)11-5-12(17)7-13(18)6-11/h3-7,15,20H,19H2,1-2H3. The molecule has 3 N–H and O–H groups in total. The van der Waals surface area contributed by atoms with E-state index in [4.69, 9.17) is 5.84 Å². The third-order valence-corrected chi connectivity index (χ3v) is 4.43. The van der Waals surface area contributed by atoms with Crippen molar-refractivity contribution in [2.45, 2.75) is 19.9 Å². The minimum atomic E-state index is -0.620. The van der Waals surface area contributed by atoms with Gasteiger partial charge in [-0.3, -0.25) is 5.84 Å². The van der Waals surface area contributed by atoms with Gasteiger partial charge >= 0.3 is 0 Å². The van der Waals surface area contributed by atoms with Gasteiger partial charge in [0.1, 0.15) is 11.6 Å². The van der Waals surface area contributed by atoms with Crippen molar-refractivity contribution in [3.8, 4) is 0 Å². The highest BCUT2D eigenvalue weighted by molar-refractivity contribution is 9.10. The van der Waals surface area contributed by atoms with Gasteiger partial charge in [0.15, 0.2) is 0 Å². The second-order valence-electron chi connectivity index (χ2n) is 4.77. The number of hydrogen-bond acceptors (Lipinski definition) is 2. The zero-order valence-electron chi connectivity index (χ0n) is 11.2. The van der Waals surface area contributed by atoms with Crippen LogP contribution < -0.4 is 11.3 Å². The van der Waals surface area contributed by atoms with E-state index in [0.29, 0.717) is 5.56 Å². The summed E-state index contributed by atoms with van der Waals surface area (Å²) >= 11 is 3.49. The van der Waals surface area contributed by atoms with Crippen molar-refractivity contribution in [2.75, 3.05) is 0 Å². The first kappa shape index (κ1) is 15.1. The number of rotatable bonds is 3. The molecule has 2 rings (SSSR count). The normalized spacial score (nSPS) is 12.5. The van der Waals surface area contributed by atoms with Gasteiger partial charge < -0.3 is 0 Å². The topological polar surface area (TPSA) is 38.0 Å². The zero-order chi connectivity index (χ0) is 14.9. The Labute approximate surface area is 125 Å². The van der Waals surface area contributed by atoms with Gasteiger partial charge in [-0.1, -0.05) is 28.1 Å². The Morgan fingerprint density at radius 3 is 1.85 bits per heavy atom. The zero-order valence-corrected chi connectivity index (χ0v) is 12.8. The predicted octanol–water partition coefficient (Wildman–Crippen LogP) is 3.90. The number of aryl methyl sites for hydroxylation is 2. The molecular formula is C15H15BrF2N2. The molecule has 2 aromatic carbocycles. The first-order valence-corrected chi connectivity index (χ1v) is 6.90. The molecule has 2 aromatic rings. The monoisotopic (exact) mass is 340 g/mol. The van der Waals surface area contributed by atoms with E-state index in [9.17, 15) is 8.78 Å². The maximum absolute atomic E-state index is 13.3. The van der Waals surface area contributed by atoms with Crippen molar-refractivity contribution in [1.82, 2.24) is 5.43 Å². The number of nitrogens with two attached hydrogens (primary N) is 1. The van der Waals surface area contributed by atoms with Gasteiger partial charge in [-0.05, 0) is 48.2 Å². The van der Waals surface area contributed by atoms with Crippen molar-refractivity contribution < 1.29 is 8.78 Å². The third-order valence-electron chi connectivity index (χ3n) is 3.18. The maximum atomic E-state index is 13.3. The summed E-state index contributed by atoms with van der Waals surface area (Å²) in [6, 6.07) is 6.80. The van der Waals surface area contributed by atoms with E-state index >= 15 is 0 Å². The Morgan fingerprint density at radius 2 is 1.40 bits per heavy atom. The van der Waals surface area contributed by atoms with E-state index in [0.717, 1.165) is 27.2 Å². The van der Waals surface area contributed by atoms with Crippen LogP contribution in [0.2, 0.25) is 0 Å². The third kappa shape index (κ3) is 3.06. The number of benzene rings is 2. The van der Waals surface area contributed by atoms with Crippen LogP contribution in [-0.2, 0) is 0 Å². The molecule has 5 heteroatoms. The predicted molar refractivity (Wildman–Crippen MR) is 79.1 cm³/mol. The number of hydrogen-bond donors (Lipinski definition) is 2. The molecule has 2 nitrogen and oxygen atoms in total. The van der Waals surface area contributed by atoms with Gasteiger partial charge in [0, 0.05) is 10.5 Å². The van der Waals surface area contributed by atoms with Gasteiger partial charge in [-0.15, -0.1) is 0 Å². The Bertz CT molecular complexity index is 601. The fourth-order valence-corrected chi connectivity index (χ4v) is 2.50. The van der Waals surface area contributed by atoms with Crippen molar-refractivity contribution in [3.63, 3.8) is 0 Å². The van der Waals surface area contributed by atoms with Gasteiger partial charge in [-0.2, -0.15) is 0 Å². The Hall–Kier alpha value is -1.30. The quantitative estimate of drug-likeness (QED) is 0.656. The second-order valence-corrected chi connectivity index (χ2v) is 5.56. The van der Waals surface area contributed by atoms with Crippen LogP contribution in [0.5, 0.6) is 0 Å². The van der Waals surface area contributed by atoms with E-state index in [1.54, 1.807) is 0 Å². The molecule has 0 bridgehead atoms. The van der Waals surface area contributed by atoms with Crippen molar-refractivity contribution in [3.05, 3.63) is 68.7 Å². The lowest BCUT2D eigenvalue weighted by Gasteiger charge is -2.19. The van der Waals surface area contributed by atoms with Gasteiger partial charge in [0.05, 0.1) is 6.04 Å². The second kappa shape index (κ2) is 5.99. The molecule has 0 spiro atoms. The summed E-state index contributed by atoms with van der Waals surface area (Å²) in [4.78, 5) is 0. The van der Waals surface area contributed by atoms with Gasteiger partial charge in [-0.25, -0.2) is 14.2 Å². The molecule has 1 unspecified atom stereocenters. The van der Waals surface area contributed by atoms with Gasteiger partial charge in [0.25, 0.3) is 0 Å². The molecule has 0 heterocycles. The first-order chi connectivity index (χ1) is 9.42. The first-order valence-electron chi connectivity index (χ1n) is 6.11. The molecule has 0 aliphatic rings. The van der Waals surface area contributed by atoms with Crippen LogP contribution in [0.4, 0.5) is 8.78 Å². The summed E-state index contributed by atoms with van der Waals surface area (Å²) in [5.41, 5.74) is 6.00. The largest absolute Gasteiger partial charge is 0.271 e. The van der Waals surface area contributed by atoms with Crippen molar-refractivity contribution >= 4 is 15.9 Å². The Kier molecular flexibility index (Phi) is 4.52. The van der Waals surface area contributed by atoms with Crippen molar-refractivity contribution in [1.29, 1.82) is 0 Å². The van der Waals surface area contributed by atoms with E-state index in [-0.39, 0.29) is 0 Å². The van der Waals surface area contributed by atoms with Crippen LogP contribution in [-0.4, -0.2) is 0 Å². The minimum Gasteiger partial charge on any atom is -0.271 e. The summed E-state index contributed by atoms with van der Waals surface area (Å²) in [7, 11) is 0. The highest BCUT2D eigenvalue weighted by atomic mass is 79.9. The van der Waals surface area contributed by atoms with Crippen LogP contribution in [0.1, 0.15) is 28.3 Å². The fraction of sp³-hybridized carbons (Fsp3) is 0.200. The van der Waals surface area contributed by atoms with Crippen LogP contribution in [0.3, 0.4) is 0 Å². The summed E-state index contributed by atoms with van der Waals surface area (Å²) in [6.45, 7) is 3.92. The molecule has 0 aromatic heterocycles. The molecule has 0 saturated carbocycles. The lowest BCUT2D eigenvalue weighted by Crippen LogP contribution is -2.29. The van der Waals surface area contributed by atoms with Crippen LogP contribution >= 0.6 is 15.9 Å². The van der Waals surface area contributed by atoms with Crippen LogP contribution in [0.15, 0.2) is 34.8 Å². The number of nitrogens with one attached hydrogen (secondary N) is 1.